The molecular weight excluding hydrogens is 288 g/mol. The SMILES string of the molecule is COc1cccc2c1[C@H](c1ccccc1)CN1CCNC(=O)[C@@H]21. The zero-order chi connectivity index (χ0) is 15.8. The first-order chi connectivity index (χ1) is 11.3. The van der Waals surface area contributed by atoms with Gasteiger partial charge in [0, 0.05) is 31.1 Å². The second-order valence-electron chi connectivity index (χ2n) is 6.11. The summed E-state index contributed by atoms with van der Waals surface area (Å²) in [6.07, 6.45) is 0. The maximum atomic E-state index is 12.4. The van der Waals surface area contributed by atoms with E-state index in [1.54, 1.807) is 7.11 Å². The summed E-state index contributed by atoms with van der Waals surface area (Å²) in [5.41, 5.74) is 3.49. The highest BCUT2D eigenvalue weighted by molar-refractivity contribution is 5.85. The van der Waals surface area contributed by atoms with Gasteiger partial charge in [-0.2, -0.15) is 0 Å². The zero-order valence-corrected chi connectivity index (χ0v) is 13.2. The van der Waals surface area contributed by atoms with Crippen molar-refractivity contribution in [1.29, 1.82) is 0 Å². The molecule has 0 aliphatic carbocycles. The fourth-order valence-electron chi connectivity index (χ4n) is 3.88. The Morgan fingerprint density at radius 1 is 1.13 bits per heavy atom. The molecule has 1 saturated heterocycles. The second kappa shape index (κ2) is 5.70. The third-order valence-corrected chi connectivity index (χ3v) is 4.89. The number of rotatable bonds is 2. The topological polar surface area (TPSA) is 41.6 Å². The van der Waals surface area contributed by atoms with Gasteiger partial charge >= 0.3 is 0 Å². The minimum absolute atomic E-state index is 0.0947. The molecule has 4 heteroatoms. The molecule has 2 heterocycles. The van der Waals surface area contributed by atoms with E-state index in [1.165, 1.54) is 5.56 Å². The first-order valence-electron chi connectivity index (χ1n) is 8.03. The summed E-state index contributed by atoms with van der Waals surface area (Å²) in [5.74, 6) is 1.19. The minimum Gasteiger partial charge on any atom is -0.496 e. The van der Waals surface area contributed by atoms with E-state index in [1.807, 2.05) is 18.2 Å². The fraction of sp³-hybridized carbons (Fsp3) is 0.316. The highest BCUT2D eigenvalue weighted by Gasteiger charge is 2.40. The lowest BCUT2D eigenvalue weighted by molar-refractivity contribution is -0.129. The number of amides is 1. The molecule has 0 spiro atoms. The first kappa shape index (κ1) is 14.3. The van der Waals surface area contributed by atoms with Crippen molar-refractivity contribution in [2.75, 3.05) is 26.7 Å². The summed E-state index contributed by atoms with van der Waals surface area (Å²) in [6.45, 7) is 2.45. The molecule has 0 saturated carbocycles. The van der Waals surface area contributed by atoms with Crippen LogP contribution < -0.4 is 10.1 Å². The molecule has 118 valence electrons. The van der Waals surface area contributed by atoms with Gasteiger partial charge in [0.15, 0.2) is 0 Å². The zero-order valence-electron chi connectivity index (χ0n) is 13.2. The van der Waals surface area contributed by atoms with Crippen molar-refractivity contribution in [2.45, 2.75) is 12.0 Å². The van der Waals surface area contributed by atoms with E-state index in [4.69, 9.17) is 4.74 Å². The number of hydrogen-bond acceptors (Lipinski definition) is 3. The Kier molecular flexibility index (Phi) is 3.54. The van der Waals surface area contributed by atoms with Crippen LogP contribution in [0, 0.1) is 0 Å². The van der Waals surface area contributed by atoms with Gasteiger partial charge in [-0.15, -0.1) is 0 Å². The molecule has 4 nitrogen and oxygen atoms in total. The third kappa shape index (κ3) is 2.30. The molecule has 1 N–H and O–H groups in total. The molecule has 2 aliphatic heterocycles. The van der Waals surface area contributed by atoms with E-state index in [2.05, 4.69) is 40.5 Å². The summed E-state index contributed by atoms with van der Waals surface area (Å²) < 4.78 is 5.63. The quantitative estimate of drug-likeness (QED) is 0.926. The Morgan fingerprint density at radius 2 is 1.96 bits per heavy atom. The molecular formula is C19H20N2O2. The number of carbonyl (C=O) groups is 1. The lowest BCUT2D eigenvalue weighted by Gasteiger charge is -2.43. The van der Waals surface area contributed by atoms with Crippen LogP contribution in [0.3, 0.4) is 0 Å². The smallest absolute Gasteiger partial charge is 0.242 e. The number of ether oxygens (including phenoxy) is 1. The summed E-state index contributed by atoms with van der Waals surface area (Å²) in [7, 11) is 1.70. The van der Waals surface area contributed by atoms with Crippen molar-refractivity contribution in [2.24, 2.45) is 0 Å². The largest absolute Gasteiger partial charge is 0.496 e. The van der Waals surface area contributed by atoms with Crippen molar-refractivity contribution in [1.82, 2.24) is 10.2 Å². The molecule has 0 aromatic heterocycles. The van der Waals surface area contributed by atoms with E-state index in [0.29, 0.717) is 0 Å². The van der Waals surface area contributed by atoms with Crippen LogP contribution in [-0.4, -0.2) is 37.6 Å². The number of nitrogens with zero attached hydrogens (tertiary/aromatic N) is 1. The lowest BCUT2D eigenvalue weighted by atomic mass is 9.80. The van der Waals surface area contributed by atoms with Crippen LogP contribution in [-0.2, 0) is 4.79 Å². The minimum atomic E-state index is -0.200. The Hall–Kier alpha value is -2.33. The maximum Gasteiger partial charge on any atom is 0.242 e. The predicted molar refractivity (Wildman–Crippen MR) is 88.6 cm³/mol. The summed E-state index contributed by atoms with van der Waals surface area (Å²) in [5, 5.41) is 2.99. The van der Waals surface area contributed by atoms with Gasteiger partial charge in [0.1, 0.15) is 11.8 Å². The van der Waals surface area contributed by atoms with Gasteiger partial charge in [-0.25, -0.2) is 0 Å². The van der Waals surface area contributed by atoms with Crippen molar-refractivity contribution in [3.63, 3.8) is 0 Å². The number of carbonyl (C=O) groups excluding carboxylic acids is 1. The molecule has 4 rings (SSSR count). The summed E-state index contributed by atoms with van der Waals surface area (Å²) in [6, 6.07) is 16.3. The van der Waals surface area contributed by atoms with Crippen LogP contribution in [0.2, 0.25) is 0 Å². The Bertz CT molecular complexity index is 729. The van der Waals surface area contributed by atoms with Crippen LogP contribution in [0.25, 0.3) is 0 Å². The molecule has 2 aliphatic rings. The second-order valence-corrected chi connectivity index (χ2v) is 6.11. The van der Waals surface area contributed by atoms with Crippen LogP contribution in [0.4, 0.5) is 0 Å². The number of benzene rings is 2. The van der Waals surface area contributed by atoms with Crippen LogP contribution in [0.5, 0.6) is 5.75 Å². The van der Waals surface area contributed by atoms with Crippen molar-refractivity contribution >= 4 is 5.91 Å². The van der Waals surface area contributed by atoms with Crippen LogP contribution in [0.15, 0.2) is 48.5 Å². The molecule has 23 heavy (non-hydrogen) atoms. The number of hydrogen-bond donors (Lipinski definition) is 1. The van der Waals surface area contributed by atoms with Crippen molar-refractivity contribution in [3.05, 3.63) is 65.2 Å². The average molecular weight is 308 g/mol. The molecule has 1 amide bonds. The van der Waals surface area contributed by atoms with Gasteiger partial charge in [-0.1, -0.05) is 42.5 Å². The van der Waals surface area contributed by atoms with E-state index in [-0.39, 0.29) is 17.9 Å². The third-order valence-electron chi connectivity index (χ3n) is 4.89. The number of fused-ring (bicyclic) bond motifs is 3. The molecule has 2 aromatic carbocycles. The van der Waals surface area contributed by atoms with E-state index >= 15 is 0 Å². The van der Waals surface area contributed by atoms with Gasteiger partial charge in [-0.3, -0.25) is 9.69 Å². The Balaban J connectivity index is 1.90. The summed E-state index contributed by atoms with van der Waals surface area (Å²) in [4.78, 5) is 14.7. The van der Waals surface area contributed by atoms with E-state index in [0.717, 1.165) is 36.5 Å². The number of nitrogens with one attached hydrogen (secondary N) is 1. The van der Waals surface area contributed by atoms with Gasteiger partial charge in [-0.05, 0) is 17.2 Å². The lowest BCUT2D eigenvalue weighted by Crippen LogP contribution is -2.53. The normalized spacial score (nSPS) is 23.6. The van der Waals surface area contributed by atoms with Crippen molar-refractivity contribution in [3.8, 4) is 5.75 Å². The summed E-state index contributed by atoms with van der Waals surface area (Å²) >= 11 is 0. The molecule has 2 atom stereocenters. The van der Waals surface area contributed by atoms with Crippen LogP contribution in [0.1, 0.15) is 28.7 Å². The van der Waals surface area contributed by atoms with Gasteiger partial charge in [0.25, 0.3) is 0 Å². The maximum absolute atomic E-state index is 12.4. The van der Waals surface area contributed by atoms with Gasteiger partial charge in [0.2, 0.25) is 5.91 Å². The fourth-order valence-corrected chi connectivity index (χ4v) is 3.88. The monoisotopic (exact) mass is 308 g/mol. The van der Waals surface area contributed by atoms with E-state index < -0.39 is 0 Å². The molecule has 2 aromatic rings. The van der Waals surface area contributed by atoms with Gasteiger partial charge < -0.3 is 10.1 Å². The van der Waals surface area contributed by atoms with Crippen molar-refractivity contribution < 1.29 is 9.53 Å². The average Bonchev–Trinajstić information content (AvgIpc) is 2.61. The Morgan fingerprint density at radius 3 is 2.74 bits per heavy atom. The molecule has 0 radical (unpaired) electrons. The standard InChI is InChI=1S/C19H20N2O2/c1-23-16-9-5-8-14-17(16)15(13-6-3-2-4-7-13)12-21-11-10-20-19(22)18(14)21/h2-9,15,18H,10-12H2,1H3,(H,20,22)/t15-,18+/m0/s1. The number of methoxy groups -OCH3 is 1. The van der Waals surface area contributed by atoms with Crippen LogP contribution >= 0.6 is 0 Å². The van der Waals surface area contributed by atoms with Gasteiger partial charge in [0.05, 0.1) is 7.11 Å². The van der Waals surface area contributed by atoms with E-state index in [9.17, 15) is 4.79 Å². The highest BCUT2D eigenvalue weighted by atomic mass is 16.5. The molecule has 1 fully saturated rings. The highest BCUT2D eigenvalue weighted by Crippen LogP contribution is 2.44. The number of piperazine rings is 1. The molecule has 0 unspecified atom stereocenters. The molecule has 0 bridgehead atoms. The predicted octanol–water partition coefficient (Wildman–Crippen LogP) is 2.31. The first-order valence-corrected chi connectivity index (χ1v) is 8.03. The Labute approximate surface area is 136 Å².